The van der Waals surface area contributed by atoms with Crippen molar-refractivity contribution in [1.82, 2.24) is 9.03 Å². The first kappa shape index (κ1) is 12.4. The Morgan fingerprint density at radius 1 is 1.53 bits per heavy atom. The van der Waals surface area contributed by atoms with Crippen LogP contribution in [0.5, 0.6) is 0 Å². The third-order valence-electron chi connectivity index (χ3n) is 2.18. The summed E-state index contributed by atoms with van der Waals surface area (Å²) in [6.07, 6.45) is 0.976. The molecule has 1 heterocycles. The predicted octanol–water partition coefficient (Wildman–Crippen LogP) is -0.222. The zero-order valence-electron chi connectivity index (χ0n) is 8.80. The van der Waals surface area contributed by atoms with E-state index in [2.05, 4.69) is 4.72 Å². The highest BCUT2D eigenvalue weighted by Gasteiger charge is 2.38. The van der Waals surface area contributed by atoms with Crippen LogP contribution in [0.25, 0.3) is 0 Å². The van der Waals surface area contributed by atoms with Crippen molar-refractivity contribution in [3.8, 4) is 0 Å². The maximum atomic E-state index is 11.7. The number of carboxylic acids is 1. The maximum absolute atomic E-state index is 11.7. The van der Waals surface area contributed by atoms with Gasteiger partial charge in [-0.3, -0.25) is 4.79 Å². The van der Waals surface area contributed by atoms with E-state index < -0.39 is 22.2 Å². The number of hydrogen-bond donors (Lipinski definition) is 2. The van der Waals surface area contributed by atoms with Crippen molar-refractivity contribution in [2.45, 2.75) is 38.8 Å². The van der Waals surface area contributed by atoms with Crippen LogP contribution in [-0.2, 0) is 15.0 Å². The molecule has 1 saturated heterocycles. The van der Waals surface area contributed by atoms with E-state index in [0.29, 0.717) is 12.8 Å². The Kier molecular flexibility index (Phi) is 3.69. The molecule has 1 atom stereocenters. The van der Waals surface area contributed by atoms with Crippen molar-refractivity contribution in [3.63, 3.8) is 0 Å². The van der Waals surface area contributed by atoms with Crippen molar-refractivity contribution in [2.24, 2.45) is 0 Å². The van der Waals surface area contributed by atoms with E-state index in [9.17, 15) is 13.2 Å². The second-order valence-electron chi connectivity index (χ2n) is 3.88. The molecule has 0 unspecified atom stereocenters. The molecule has 0 amide bonds. The van der Waals surface area contributed by atoms with E-state index in [1.165, 1.54) is 0 Å². The number of hydrogen-bond acceptors (Lipinski definition) is 3. The molecule has 0 aromatic heterocycles. The van der Waals surface area contributed by atoms with Gasteiger partial charge in [0.15, 0.2) is 0 Å². The van der Waals surface area contributed by atoms with E-state index in [-0.39, 0.29) is 12.6 Å². The van der Waals surface area contributed by atoms with Gasteiger partial charge in [0.25, 0.3) is 10.2 Å². The van der Waals surface area contributed by atoms with Gasteiger partial charge in [-0.25, -0.2) is 0 Å². The minimum absolute atomic E-state index is 0.231. The molecular weight excluding hydrogens is 220 g/mol. The number of carboxylic acid groups (broad SMARTS) is 1. The average Bonchev–Trinajstić information content (AvgIpc) is 2.48. The molecule has 0 radical (unpaired) electrons. The van der Waals surface area contributed by atoms with E-state index in [0.717, 1.165) is 4.31 Å². The average molecular weight is 236 g/mol. The minimum atomic E-state index is -3.65. The lowest BCUT2D eigenvalue weighted by Crippen LogP contribution is -2.48. The topological polar surface area (TPSA) is 86.7 Å². The first-order valence-corrected chi connectivity index (χ1v) is 6.30. The fourth-order valence-electron chi connectivity index (χ4n) is 1.64. The lowest BCUT2D eigenvalue weighted by atomic mass is 10.2. The van der Waals surface area contributed by atoms with Crippen LogP contribution in [0.2, 0.25) is 0 Å². The Balaban J connectivity index is 2.82. The van der Waals surface area contributed by atoms with E-state index >= 15 is 0 Å². The second-order valence-corrected chi connectivity index (χ2v) is 5.54. The Morgan fingerprint density at radius 3 is 2.60 bits per heavy atom. The summed E-state index contributed by atoms with van der Waals surface area (Å²) in [7, 11) is -3.65. The molecular formula is C8H16N2O4S. The summed E-state index contributed by atoms with van der Waals surface area (Å²) in [5.41, 5.74) is 0. The van der Waals surface area contributed by atoms with Gasteiger partial charge in [-0.2, -0.15) is 17.4 Å². The van der Waals surface area contributed by atoms with Crippen molar-refractivity contribution >= 4 is 16.2 Å². The van der Waals surface area contributed by atoms with Crippen LogP contribution in [0.15, 0.2) is 0 Å². The summed E-state index contributed by atoms with van der Waals surface area (Å²) in [5.74, 6) is -1.08. The highest BCUT2D eigenvalue weighted by Crippen LogP contribution is 2.20. The molecule has 6 nitrogen and oxygen atoms in total. The number of carbonyl (C=O) groups is 1. The van der Waals surface area contributed by atoms with E-state index in [1.807, 2.05) is 0 Å². The third-order valence-corrected chi connectivity index (χ3v) is 4.01. The Labute approximate surface area is 89.4 Å². The third kappa shape index (κ3) is 2.90. The lowest BCUT2D eigenvalue weighted by molar-refractivity contribution is -0.140. The van der Waals surface area contributed by atoms with Gasteiger partial charge in [0.05, 0.1) is 0 Å². The Bertz CT molecular complexity index is 339. The maximum Gasteiger partial charge on any atom is 0.322 e. The van der Waals surface area contributed by atoms with E-state index in [4.69, 9.17) is 5.11 Å². The molecule has 0 aromatic carbocycles. The van der Waals surface area contributed by atoms with Crippen molar-refractivity contribution in [3.05, 3.63) is 0 Å². The first-order valence-electron chi connectivity index (χ1n) is 4.86. The summed E-state index contributed by atoms with van der Waals surface area (Å²) < 4.78 is 26.8. The number of nitrogens with zero attached hydrogens (tertiary/aromatic N) is 1. The monoisotopic (exact) mass is 236 g/mol. The molecule has 1 fully saturated rings. The summed E-state index contributed by atoms with van der Waals surface area (Å²) in [4.78, 5) is 10.8. The molecule has 15 heavy (non-hydrogen) atoms. The van der Waals surface area contributed by atoms with Crippen LogP contribution < -0.4 is 4.72 Å². The standard InChI is InChI=1S/C8H16N2O4S/c1-6(2)9-15(13,14)10-5-3-4-7(10)8(11)12/h6-7,9H,3-5H2,1-2H3,(H,11,12)/t7-/m1/s1. The minimum Gasteiger partial charge on any atom is -0.480 e. The van der Waals surface area contributed by atoms with Crippen molar-refractivity contribution < 1.29 is 18.3 Å². The van der Waals surface area contributed by atoms with Gasteiger partial charge in [-0.15, -0.1) is 0 Å². The predicted molar refractivity (Wildman–Crippen MR) is 54.6 cm³/mol. The van der Waals surface area contributed by atoms with Gasteiger partial charge in [0.1, 0.15) is 6.04 Å². The molecule has 0 aromatic rings. The van der Waals surface area contributed by atoms with Crippen LogP contribution in [0, 0.1) is 0 Å². The van der Waals surface area contributed by atoms with Gasteiger partial charge in [0, 0.05) is 12.6 Å². The summed E-state index contributed by atoms with van der Waals surface area (Å²) in [6.45, 7) is 3.67. The highest BCUT2D eigenvalue weighted by atomic mass is 32.2. The summed E-state index contributed by atoms with van der Waals surface area (Å²) >= 11 is 0. The summed E-state index contributed by atoms with van der Waals surface area (Å²) in [6, 6.07) is -1.15. The molecule has 88 valence electrons. The lowest BCUT2D eigenvalue weighted by Gasteiger charge is -2.22. The van der Waals surface area contributed by atoms with Gasteiger partial charge < -0.3 is 5.11 Å². The molecule has 1 rings (SSSR count). The molecule has 0 bridgehead atoms. The van der Waals surface area contributed by atoms with Crippen LogP contribution in [0.4, 0.5) is 0 Å². The SMILES string of the molecule is CC(C)NS(=O)(=O)N1CCC[C@@H]1C(=O)O. The quantitative estimate of drug-likeness (QED) is 0.706. The zero-order valence-corrected chi connectivity index (χ0v) is 9.62. The van der Waals surface area contributed by atoms with Gasteiger partial charge in [0.2, 0.25) is 0 Å². The number of rotatable bonds is 4. The van der Waals surface area contributed by atoms with Crippen molar-refractivity contribution in [2.75, 3.05) is 6.54 Å². The molecule has 1 aliphatic rings. The first-order chi connectivity index (χ1) is 6.84. The molecule has 0 saturated carbocycles. The molecule has 2 N–H and O–H groups in total. The number of nitrogens with one attached hydrogen (secondary N) is 1. The van der Waals surface area contributed by atoms with Gasteiger partial charge >= 0.3 is 5.97 Å². The summed E-state index contributed by atoms with van der Waals surface area (Å²) in [5, 5.41) is 8.85. The van der Waals surface area contributed by atoms with Gasteiger partial charge in [-0.1, -0.05) is 0 Å². The van der Waals surface area contributed by atoms with Crippen LogP contribution in [0.3, 0.4) is 0 Å². The zero-order chi connectivity index (χ0) is 11.6. The second kappa shape index (κ2) is 4.46. The smallest absolute Gasteiger partial charge is 0.322 e. The Morgan fingerprint density at radius 2 is 2.13 bits per heavy atom. The van der Waals surface area contributed by atoms with E-state index in [1.54, 1.807) is 13.8 Å². The Hall–Kier alpha value is -0.660. The highest BCUT2D eigenvalue weighted by molar-refractivity contribution is 7.87. The van der Waals surface area contributed by atoms with Gasteiger partial charge in [-0.05, 0) is 26.7 Å². The number of aliphatic carboxylic acids is 1. The largest absolute Gasteiger partial charge is 0.480 e. The molecule has 7 heteroatoms. The normalized spacial score (nSPS) is 23.5. The van der Waals surface area contributed by atoms with Crippen LogP contribution in [-0.4, -0.2) is 42.4 Å². The molecule has 0 spiro atoms. The molecule has 1 aliphatic heterocycles. The van der Waals surface area contributed by atoms with Crippen LogP contribution >= 0.6 is 0 Å². The fourth-order valence-corrected chi connectivity index (χ4v) is 3.27. The van der Waals surface area contributed by atoms with Crippen LogP contribution in [0.1, 0.15) is 26.7 Å². The fraction of sp³-hybridized carbons (Fsp3) is 0.875. The molecule has 0 aliphatic carbocycles. The van der Waals surface area contributed by atoms with Crippen molar-refractivity contribution in [1.29, 1.82) is 0 Å².